The number of hydrogen-bond donors (Lipinski definition) is 0. The molecule has 7 heteroatoms. The van der Waals surface area contributed by atoms with E-state index < -0.39 is 28.7 Å². The summed E-state index contributed by atoms with van der Waals surface area (Å²) in [5.74, 6) is -1.84. The zero-order chi connectivity index (χ0) is 20.0. The van der Waals surface area contributed by atoms with E-state index in [2.05, 4.69) is 0 Å². The van der Waals surface area contributed by atoms with E-state index in [0.717, 1.165) is 5.56 Å². The Bertz CT molecular complexity index is 634. The van der Waals surface area contributed by atoms with Crippen LogP contribution in [-0.2, 0) is 35.0 Å². The number of hydrogen-bond acceptors (Lipinski definition) is 6. The zero-order valence-electron chi connectivity index (χ0n) is 15.8. The van der Waals surface area contributed by atoms with Crippen molar-refractivity contribution in [3.8, 4) is 0 Å². The Labute approximate surface area is 158 Å². The van der Waals surface area contributed by atoms with Gasteiger partial charge in [0, 0.05) is 5.02 Å². The van der Waals surface area contributed by atoms with Crippen LogP contribution in [0.4, 0.5) is 0 Å². The highest BCUT2D eigenvalue weighted by Gasteiger charge is 2.49. The average Bonchev–Trinajstić information content (AvgIpc) is 2.64. The van der Waals surface area contributed by atoms with Crippen LogP contribution in [0.15, 0.2) is 24.3 Å². The standard InChI is InChI=1S/C19H25ClO6/c1-18(2,15(21)24-3)10-11-19(16(22)25-4,17(23)26-5)12-13-6-8-14(20)9-7-13/h6-9H,10-12H2,1-5H3. The molecule has 26 heavy (non-hydrogen) atoms. The smallest absolute Gasteiger partial charge is 0.323 e. The molecule has 0 N–H and O–H groups in total. The van der Waals surface area contributed by atoms with Gasteiger partial charge in [-0.1, -0.05) is 23.7 Å². The van der Waals surface area contributed by atoms with E-state index in [1.54, 1.807) is 38.1 Å². The van der Waals surface area contributed by atoms with Crippen molar-refractivity contribution in [2.24, 2.45) is 10.8 Å². The van der Waals surface area contributed by atoms with E-state index in [1.807, 2.05) is 0 Å². The molecule has 1 aromatic rings. The summed E-state index contributed by atoms with van der Waals surface area (Å²) < 4.78 is 14.6. The largest absolute Gasteiger partial charge is 0.469 e. The lowest BCUT2D eigenvalue weighted by molar-refractivity contribution is -0.171. The predicted molar refractivity (Wildman–Crippen MR) is 96.7 cm³/mol. The second kappa shape index (κ2) is 9.03. The molecule has 0 bridgehead atoms. The van der Waals surface area contributed by atoms with Crippen molar-refractivity contribution in [2.75, 3.05) is 21.3 Å². The molecule has 0 unspecified atom stereocenters. The molecular weight excluding hydrogens is 360 g/mol. The number of esters is 3. The van der Waals surface area contributed by atoms with Crippen LogP contribution in [0.3, 0.4) is 0 Å². The number of halogens is 1. The highest BCUT2D eigenvalue weighted by atomic mass is 35.5. The second-order valence-corrected chi connectivity index (χ2v) is 7.18. The first-order valence-corrected chi connectivity index (χ1v) is 8.50. The molecule has 144 valence electrons. The molecule has 0 saturated carbocycles. The SMILES string of the molecule is COC(=O)C(C)(C)CCC(Cc1ccc(Cl)cc1)(C(=O)OC)C(=O)OC. The van der Waals surface area contributed by atoms with Crippen molar-refractivity contribution >= 4 is 29.5 Å². The molecular formula is C19H25ClO6. The lowest BCUT2D eigenvalue weighted by Gasteiger charge is -2.31. The summed E-state index contributed by atoms with van der Waals surface area (Å²) in [4.78, 5) is 37.1. The first kappa shape index (κ1) is 22.0. The third-order valence-corrected chi connectivity index (χ3v) is 4.74. The zero-order valence-corrected chi connectivity index (χ0v) is 16.5. The number of ether oxygens (including phenoxy) is 3. The van der Waals surface area contributed by atoms with Gasteiger partial charge in [-0.25, -0.2) is 0 Å². The molecule has 0 radical (unpaired) electrons. The van der Waals surface area contributed by atoms with Gasteiger partial charge in [-0.2, -0.15) is 0 Å². The highest BCUT2D eigenvalue weighted by Crippen LogP contribution is 2.37. The Kier molecular flexibility index (Phi) is 7.63. The van der Waals surface area contributed by atoms with E-state index >= 15 is 0 Å². The predicted octanol–water partition coefficient (Wildman–Crippen LogP) is 3.19. The minimum Gasteiger partial charge on any atom is -0.469 e. The molecule has 0 heterocycles. The summed E-state index contributed by atoms with van der Waals surface area (Å²) in [5, 5.41) is 0.544. The molecule has 6 nitrogen and oxygen atoms in total. The van der Waals surface area contributed by atoms with Gasteiger partial charge in [0.1, 0.15) is 0 Å². The topological polar surface area (TPSA) is 78.9 Å². The molecule has 0 aliphatic rings. The number of benzene rings is 1. The Morgan fingerprint density at radius 3 is 1.73 bits per heavy atom. The van der Waals surface area contributed by atoms with Gasteiger partial charge in [0.25, 0.3) is 0 Å². The third-order valence-electron chi connectivity index (χ3n) is 4.49. The Hall–Kier alpha value is -2.08. The first-order chi connectivity index (χ1) is 12.1. The molecule has 1 aromatic carbocycles. The Balaban J connectivity index is 3.25. The molecule has 0 amide bonds. The molecule has 0 fully saturated rings. The summed E-state index contributed by atoms with van der Waals surface area (Å²) in [6.07, 6.45) is 0.370. The summed E-state index contributed by atoms with van der Waals surface area (Å²) in [5.41, 5.74) is -1.72. The van der Waals surface area contributed by atoms with Crippen molar-refractivity contribution in [2.45, 2.75) is 33.1 Å². The number of rotatable bonds is 8. The fourth-order valence-corrected chi connectivity index (χ4v) is 2.89. The molecule has 0 atom stereocenters. The first-order valence-electron chi connectivity index (χ1n) is 8.12. The van der Waals surface area contributed by atoms with Crippen molar-refractivity contribution in [3.05, 3.63) is 34.9 Å². The maximum absolute atomic E-state index is 12.6. The van der Waals surface area contributed by atoms with Crippen molar-refractivity contribution < 1.29 is 28.6 Å². The van der Waals surface area contributed by atoms with Crippen LogP contribution in [0.1, 0.15) is 32.3 Å². The normalized spacial score (nSPS) is 11.6. The van der Waals surface area contributed by atoms with Crippen LogP contribution in [0, 0.1) is 10.8 Å². The lowest BCUT2D eigenvalue weighted by Crippen LogP contribution is -2.44. The fraction of sp³-hybridized carbons (Fsp3) is 0.526. The molecule has 0 spiro atoms. The van der Waals surface area contributed by atoms with E-state index in [-0.39, 0.29) is 19.3 Å². The summed E-state index contributed by atoms with van der Waals surface area (Å²) in [6.45, 7) is 3.39. The lowest BCUT2D eigenvalue weighted by atomic mass is 9.73. The maximum Gasteiger partial charge on any atom is 0.323 e. The van der Waals surface area contributed by atoms with Gasteiger partial charge in [-0.15, -0.1) is 0 Å². The second-order valence-electron chi connectivity index (χ2n) is 6.74. The number of carbonyl (C=O) groups is 3. The van der Waals surface area contributed by atoms with E-state index in [4.69, 9.17) is 25.8 Å². The Morgan fingerprint density at radius 1 is 0.846 bits per heavy atom. The van der Waals surface area contributed by atoms with Gasteiger partial charge < -0.3 is 14.2 Å². The van der Waals surface area contributed by atoms with Gasteiger partial charge in [0.05, 0.1) is 26.7 Å². The Morgan fingerprint density at radius 2 is 1.31 bits per heavy atom. The van der Waals surface area contributed by atoms with Crippen LogP contribution in [0.2, 0.25) is 5.02 Å². The third kappa shape index (κ3) is 4.97. The molecule has 0 aromatic heterocycles. The maximum atomic E-state index is 12.6. The van der Waals surface area contributed by atoms with Crippen LogP contribution in [0.5, 0.6) is 0 Å². The molecule has 0 aliphatic heterocycles. The van der Waals surface area contributed by atoms with Crippen LogP contribution in [-0.4, -0.2) is 39.2 Å². The van der Waals surface area contributed by atoms with Crippen molar-refractivity contribution in [3.63, 3.8) is 0 Å². The molecule has 0 saturated heterocycles. The highest BCUT2D eigenvalue weighted by molar-refractivity contribution is 6.30. The van der Waals surface area contributed by atoms with Gasteiger partial charge in [0.15, 0.2) is 5.41 Å². The average molecular weight is 385 g/mol. The van der Waals surface area contributed by atoms with Crippen LogP contribution < -0.4 is 0 Å². The summed E-state index contributed by atoms with van der Waals surface area (Å²) in [6, 6.07) is 6.81. The minimum atomic E-state index is -1.57. The van der Waals surface area contributed by atoms with E-state index in [9.17, 15) is 14.4 Å². The van der Waals surface area contributed by atoms with Gasteiger partial charge in [-0.3, -0.25) is 14.4 Å². The van der Waals surface area contributed by atoms with Crippen LogP contribution >= 0.6 is 11.6 Å². The van der Waals surface area contributed by atoms with Gasteiger partial charge in [-0.05, 0) is 50.8 Å². The van der Waals surface area contributed by atoms with Crippen LogP contribution in [0.25, 0.3) is 0 Å². The quantitative estimate of drug-likeness (QED) is 0.389. The fourth-order valence-electron chi connectivity index (χ4n) is 2.77. The molecule has 1 rings (SSSR count). The minimum absolute atomic E-state index is 0.0665. The monoisotopic (exact) mass is 384 g/mol. The van der Waals surface area contributed by atoms with Crippen molar-refractivity contribution in [1.29, 1.82) is 0 Å². The van der Waals surface area contributed by atoms with E-state index in [0.29, 0.717) is 5.02 Å². The number of carbonyl (C=O) groups excluding carboxylic acids is 3. The molecule has 0 aliphatic carbocycles. The summed E-state index contributed by atoms with van der Waals surface area (Å²) in [7, 11) is 3.73. The number of methoxy groups -OCH3 is 3. The van der Waals surface area contributed by atoms with Gasteiger partial charge >= 0.3 is 17.9 Å². The van der Waals surface area contributed by atoms with Crippen molar-refractivity contribution in [1.82, 2.24) is 0 Å². The van der Waals surface area contributed by atoms with E-state index in [1.165, 1.54) is 21.3 Å². The van der Waals surface area contributed by atoms with Gasteiger partial charge in [0.2, 0.25) is 0 Å². The summed E-state index contributed by atoms with van der Waals surface area (Å²) >= 11 is 5.90.